The van der Waals surface area contributed by atoms with Crippen LogP contribution >= 0.6 is 0 Å². The number of nitrogens with zero attached hydrogens (tertiary/aromatic N) is 1. The number of benzene rings is 2. The van der Waals surface area contributed by atoms with Gasteiger partial charge in [0, 0.05) is 12.2 Å². The number of nitrogens with two attached hydrogens (primary N) is 1. The van der Waals surface area contributed by atoms with Crippen molar-refractivity contribution in [3.8, 4) is 0 Å². The Kier molecular flexibility index (Phi) is 5.51. The van der Waals surface area contributed by atoms with E-state index in [1.54, 1.807) is 0 Å². The van der Waals surface area contributed by atoms with Gasteiger partial charge in [0.25, 0.3) is 0 Å². The van der Waals surface area contributed by atoms with E-state index in [1.165, 1.54) is 5.56 Å². The van der Waals surface area contributed by atoms with Crippen LogP contribution < -0.4 is 11.1 Å². The van der Waals surface area contributed by atoms with Crippen molar-refractivity contribution >= 4 is 11.6 Å². The number of likely N-dealkylation sites (tertiary alicyclic amines) is 1. The molecule has 1 atom stereocenters. The van der Waals surface area contributed by atoms with E-state index >= 15 is 0 Å². The van der Waals surface area contributed by atoms with Crippen LogP contribution in [-0.2, 0) is 11.2 Å². The minimum absolute atomic E-state index is 0.0433. The number of para-hydroxylation sites is 1. The highest BCUT2D eigenvalue weighted by molar-refractivity contribution is 5.93. The third kappa shape index (κ3) is 4.68. The van der Waals surface area contributed by atoms with Gasteiger partial charge < -0.3 is 11.1 Å². The summed E-state index contributed by atoms with van der Waals surface area (Å²) in [7, 11) is 0. The fourth-order valence-corrected chi connectivity index (χ4v) is 3.43. The molecule has 1 heterocycles. The van der Waals surface area contributed by atoms with Crippen LogP contribution in [0, 0.1) is 5.41 Å². The Morgan fingerprint density at radius 3 is 2.60 bits per heavy atom. The third-order valence-corrected chi connectivity index (χ3v) is 5.03. The maximum atomic E-state index is 12.5. The molecule has 25 heavy (non-hydrogen) atoms. The molecule has 1 amide bonds. The van der Waals surface area contributed by atoms with Gasteiger partial charge in [0.15, 0.2) is 0 Å². The summed E-state index contributed by atoms with van der Waals surface area (Å²) in [5.74, 6) is 0.0433. The van der Waals surface area contributed by atoms with Crippen LogP contribution in [0.15, 0.2) is 54.6 Å². The number of amides is 1. The zero-order valence-corrected chi connectivity index (χ0v) is 14.9. The topological polar surface area (TPSA) is 58.4 Å². The molecule has 0 bridgehead atoms. The van der Waals surface area contributed by atoms with Crippen molar-refractivity contribution in [1.82, 2.24) is 4.90 Å². The van der Waals surface area contributed by atoms with Gasteiger partial charge >= 0.3 is 0 Å². The molecule has 1 aliphatic heterocycles. The number of carbonyl (C=O) groups excluding carboxylic acids is 1. The quantitative estimate of drug-likeness (QED) is 0.852. The number of hydrogen-bond acceptors (Lipinski definition) is 3. The highest BCUT2D eigenvalue weighted by Crippen LogP contribution is 2.28. The van der Waals surface area contributed by atoms with Crippen LogP contribution in [0.1, 0.15) is 24.5 Å². The maximum absolute atomic E-state index is 12.5. The van der Waals surface area contributed by atoms with Crippen LogP contribution in [0.2, 0.25) is 0 Å². The fourth-order valence-electron chi connectivity index (χ4n) is 3.43. The third-order valence-electron chi connectivity index (χ3n) is 5.03. The summed E-state index contributed by atoms with van der Waals surface area (Å²) in [5.41, 5.74) is 9.27. The minimum atomic E-state index is 0.0433. The molecule has 1 saturated heterocycles. The minimum Gasteiger partial charge on any atom is -0.330 e. The van der Waals surface area contributed by atoms with E-state index in [9.17, 15) is 4.79 Å². The van der Waals surface area contributed by atoms with Gasteiger partial charge in [0.1, 0.15) is 0 Å². The Morgan fingerprint density at radius 2 is 1.88 bits per heavy atom. The van der Waals surface area contributed by atoms with Crippen molar-refractivity contribution in [2.75, 3.05) is 31.5 Å². The lowest BCUT2D eigenvalue weighted by molar-refractivity contribution is -0.117. The molecule has 0 radical (unpaired) electrons. The molecule has 1 unspecified atom stereocenters. The average Bonchev–Trinajstić information content (AvgIpc) is 2.99. The highest BCUT2D eigenvalue weighted by Gasteiger charge is 2.33. The molecule has 4 heteroatoms. The van der Waals surface area contributed by atoms with E-state index in [-0.39, 0.29) is 11.3 Å². The van der Waals surface area contributed by atoms with Crippen LogP contribution in [0.25, 0.3) is 0 Å². The molecule has 2 aromatic carbocycles. The Balaban J connectivity index is 1.62. The van der Waals surface area contributed by atoms with Crippen molar-refractivity contribution < 1.29 is 4.79 Å². The lowest BCUT2D eigenvalue weighted by Gasteiger charge is -2.22. The lowest BCUT2D eigenvalue weighted by atomic mass is 9.90. The number of hydrogen-bond donors (Lipinski definition) is 2. The molecule has 1 fully saturated rings. The summed E-state index contributed by atoms with van der Waals surface area (Å²) >= 11 is 0. The summed E-state index contributed by atoms with van der Waals surface area (Å²) < 4.78 is 0. The van der Waals surface area contributed by atoms with Crippen molar-refractivity contribution in [2.45, 2.75) is 19.8 Å². The average molecular weight is 337 g/mol. The predicted molar refractivity (Wildman–Crippen MR) is 103 cm³/mol. The van der Waals surface area contributed by atoms with Crippen LogP contribution in [0.4, 0.5) is 5.69 Å². The number of carbonyl (C=O) groups is 1. The van der Waals surface area contributed by atoms with Gasteiger partial charge in [0.05, 0.1) is 6.54 Å². The fraction of sp³-hybridized carbons (Fsp3) is 0.381. The number of anilines is 1. The highest BCUT2D eigenvalue weighted by atomic mass is 16.2. The molecule has 4 nitrogen and oxygen atoms in total. The molecule has 0 saturated carbocycles. The van der Waals surface area contributed by atoms with Crippen LogP contribution in [0.3, 0.4) is 0 Å². The first-order chi connectivity index (χ1) is 12.1. The summed E-state index contributed by atoms with van der Waals surface area (Å²) in [4.78, 5) is 14.7. The summed E-state index contributed by atoms with van der Waals surface area (Å²) in [5, 5.41) is 3.09. The van der Waals surface area contributed by atoms with E-state index in [1.807, 2.05) is 36.4 Å². The Bertz CT molecular complexity index is 716. The van der Waals surface area contributed by atoms with Gasteiger partial charge in [-0.1, -0.05) is 55.5 Å². The van der Waals surface area contributed by atoms with Crippen molar-refractivity contribution in [2.24, 2.45) is 11.1 Å². The van der Waals surface area contributed by atoms with Crippen molar-refractivity contribution in [3.63, 3.8) is 0 Å². The van der Waals surface area contributed by atoms with Gasteiger partial charge in [-0.05, 0) is 48.5 Å². The molecular formula is C21H27N3O. The molecule has 3 N–H and O–H groups in total. The first-order valence-electron chi connectivity index (χ1n) is 8.92. The van der Waals surface area contributed by atoms with Gasteiger partial charge in [-0.2, -0.15) is 0 Å². The maximum Gasteiger partial charge on any atom is 0.238 e. The lowest BCUT2D eigenvalue weighted by Crippen LogP contribution is -2.35. The second kappa shape index (κ2) is 7.81. The molecule has 0 aliphatic carbocycles. The number of nitrogens with one attached hydrogen (secondary N) is 1. The number of rotatable bonds is 6. The molecule has 1 aliphatic rings. The smallest absolute Gasteiger partial charge is 0.238 e. The SMILES string of the molecule is CC1(CN)CCN(CC(=O)Nc2ccccc2Cc2ccccc2)C1. The van der Waals surface area contributed by atoms with Gasteiger partial charge in [-0.15, -0.1) is 0 Å². The Labute approximate surface area is 150 Å². The predicted octanol–water partition coefficient (Wildman–Crippen LogP) is 2.89. The summed E-state index contributed by atoms with van der Waals surface area (Å²) in [6.07, 6.45) is 1.87. The summed E-state index contributed by atoms with van der Waals surface area (Å²) in [6, 6.07) is 18.3. The largest absolute Gasteiger partial charge is 0.330 e. The standard InChI is InChI=1S/C21H27N3O/c1-21(15-22)11-12-24(16-21)14-20(25)23-19-10-6-5-9-18(19)13-17-7-3-2-4-8-17/h2-10H,11-16,22H2,1H3,(H,23,25). The van der Waals surface area contributed by atoms with E-state index in [2.05, 4.69) is 35.3 Å². The van der Waals surface area contributed by atoms with Crippen LogP contribution in [-0.4, -0.2) is 37.0 Å². The molecular weight excluding hydrogens is 310 g/mol. The van der Waals surface area contributed by atoms with Gasteiger partial charge in [-0.25, -0.2) is 0 Å². The molecule has 132 valence electrons. The normalized spacial score (nSPS) is 20.6. The van der Waals surface area contributed by atoms with E-state index in [4.69, 9.17) is 5.73 Å². The monoisotopic (exact) mass is 337 g/mol. The second-order valence-corrected chi connectivity index (χ2v) is 7.34. The zero-order chi connectivity index (χ0) is 17.7. The second-order valence-electron chi connectivity index (χ2n) is 7.34. The van der Waals surface area contributed by atoms with E-state index < -0.39 is 0 Å². The molecule has 0 aromatic heterocycles. The first kappa shape index (κ1) is 17.6. The van der Waals surface area contributed by atoms with Crippen LogP contribution in [0.5, 0.6) is 0 Å². The van der Waals surface area contributed by atoms with Gasteiger partial charge in [0.2, 0.25) is 5.91 Å². The molecule has 3 rings (SSSR count). The van der Waals surface area contributed by atoms with Crippen molar-refractivity contribution in [3.05, 3.63) is 65.7 Å². The van der Waals surface area contributed by atoms with Gasteiger partial charge in [-0.3, -0.25) is 9.69 Å². The first-order valence-corrected chi connectivity index (χ1v) is 8.92. The van der Waals surface area contributed by atoms with E-state index in [0.29, 0.717) is 13.1 Å². The zero-order valence-electron chi connectivity index (χ0n) is 14.9. The Morgan fingerprint density at radius 1 is 1.16 bits per heavy atom. The summed E-state index contributed by atoms with van der Waals surface area (Å²) in [6.45, 7) is 5.12. The van der Waals surface area contributed by atoms with Crippen molar-refractivity contribution in [1.29, 1.82) is 0 Å². The molecule has 2 aromatic rings. The molecule has 0 spiro atoms. The Hall–Kier alpha value is -2.17. The van der Waals surface area contributed by atoms with E-state index in [0.717, 1.165) is 37.2 Å².